The lowest BCUT2D eigenvalue weighted by Gasteiger charge is -2.33. The zero-order chi connectivity index (χ0) is 17.6. The van der Waals surface area contributed by atoms with Crippen LogP contribution in [0.3, 0.4) is 0 Å². The van der Waals surface area contributed by atoms with Crippen molar-refractivity contribution in [1.29, 1.82) is 0 Å². The molecule has 2 heterocycles. The number of amides is 1. The molecular formula is C19H25N5O. The second-order valence-electron chi connectivity index (χ2n) is 6.17. The fraction of sp³-hybridized carbons (Fsp3) is 0.421. The minimum Gasteiger partial charge on any atom is -0.335 e. The third-order valence-corrected chi connectivity index (χ3v) is 4.60. The van der Waals surface area contributed by atoms with Gasteiger partial charge in [-0.25, -0.2) is 9.97 Å². The first kappa shape index (κ1) is 17.4. The summed E-state index contributed by atoms with van der Waals surface area (Å²) in [6, 6.07) is 9.83. The molecule has 6 nitrogen and oxygen atoms in total. The van der Waals surface area contributed by atoms with Crippen molar-refractivity contribution in [3.8, 4) is 0 Å². The van der Waals surface area contributed by atoms with Gasteiger partial charge in [-0.3, -0.25) is 4.79 Å². The molecule has 1 aliphatic heterocycles. The average Bonchev–Trinajstić information content (AvgIpc) is 2.68. The fourth-order valence-electron chi connectivity index (χ4n) is 2.92. The van der Waals surface area contributed by atoms with Gasteiger partial charge in [0.05, 0.1) is 0 Å². The molecule has 1 aliphatic rings. The van der Waals surface area contributed by atoms with Gasteiger partial charge in [0.1, 0.15) is 5.69 Å². The number of aromatic nitrogens is 2. The van der Waals surface area contributed by atoms with E-state index in [-0.39, 0.29) is 5.91 Å². The molecule has 0 atom stereocenters. The van der Waals surface area contributed by atoms with E-state index in [1.807, 2.05) is 17.0 Å². The molecule has 25 heavy (non-hydrogen) atoms. The third kappa shape index (κ3) is 4.33. The van der Waals surface area contributed by atoms with Crippen LogP contribution in [0.2, 0.25) is 0 Å². The highest BCUT2D eigenvalue weighted by molar-refractivity contribution is 5.92. The van der Waals surface area contributed by atoms with Gasteiger partial charge in [-0.05, 0) is 36.7 Å². The summed E-state index contributed by atoms with van der Waals surface area (Å²) in [7, 11) is 0. The molecule has 0 aliphatic carbocycles. The van der Waals surface area contributed by atoms with Crippen molar-refractivity contribution in [1.82, 2.24) is 19.8 Å². The van der Waals surface area contributed by atoms with Gasteiger partial charge in [0.2, 0.25) is 5.95 Å². The van der Waals surface area contributed by atoms with E-state index in [2.05, 4.69) is 46.2 Å². The zero-order valence-corrected chi connectivity index (χ0v) is 14.9. The quantitative estimate of drug-likeness (QED) is 0.907. The van der Waals surface area contributed by atoms with Crippen molar-refractivity contribution >= 4 is 17.5 Å². The number of nitrogens with zero attached hydrogens (tertiary/aromatic N) is 4. The first-order valence-corrected chi connectivity index (χ1v) is 8.90. The predicted molar refractivity (Wildman–Crippen MR) is 99.2 cm³/mol. The predicted octanol–water partition coefficient (Wildman–Crippen LogP) is 2.56. The Hall–Kier alpha value is -2.47. The number of hydrogen-bond acceptors (Lipinski definition) is 5. The Morgan fingerprint density at radius 3 is 2.44 bits per heavy atom. The Morgan fingerprint density at radius 1 is 1.08 bits per heavy atom. The summed E-state index contributed by atoms with van der Waals surface area (Å²) in [6.45, 7) is 8.63. The minimum atomic E-state index is -0.0254. The van der Waals surface area contributed by atoms with Crippen LogP contribution in [0.1, 0.15) is 29.9 Å². The van der Waals surface area contributed by atoms with Crippen LogP contribution in [0, 0.1) is 0 Å². The number of hydrogen-bond donors (Lipinski definition) is 1. The number of benzene rings is 1. The fourth-order valence-corrected chi connectivity index (χ4v) is 2.92. The Kier molecular flexibility index (Phi) is 5.60. The highest BCUT2D eigenvalue weighted by Crippen LogP contribution is 2.15. The Labute approximate surface area is 148 Å². The van der Waals surface area contributed by atoms with Gasteiger partial charge < -0.3 is 15.1 Å². The van der Waals surface area contributed by atoms with E-state index in [0.717, 1.165) is 44.8 Å². The highest BCUT2D eigenvalue weighted by atomic mass is 16.2. The molecule has 0 spiro atoms. The SMILES string of the molecule is CCc1ccc(Nc2nccc(C(=O)N3CCN(CC)CC3)n2)cc1. The van der Waals surface area contributed by atoms with Crippen molar-refractivity contribution in [2.75, 3.05) is 38.0 Å². The van der Waals surface area contributed by atoms with Crippen LogP contribution in [0.15, 0.2) is 36.5 Å². The van der Waals surface area contributed by atoms with E-state index in [1.54, 1.807) is 12.3 Å². The molecule has 1 aromatic carbocycles. The molecular weight excluding hydrogens is 314 g/mol. The van der Waals surface area contributed by atoms with Crippen LogP contribution < -0.4 is 5.32 Å². The van der Waals surface area contributed by atoms with Crippen LogP contribution >= 0.6 is 0 Å². The number of rotatable bonds is 5. The Balaban J connectivity index is 1.67. The maximum Gasteiger partial charge on any atom is 0.272 e. The lowest BCUT2D eigenvalue weighted by Crippen LogP contribution is -2.48. The van der Waals surface area contributed by atoms with Crippen LogP contribution in [-0.2, 0) is 6.42 Å². The smallest absolute Gasteiger partial charge is 0.272 e. The summed E-state index contributed by atoms with van der Waals surface area (Å²) in [6.07, 6.45) is 2.64. The Bertz CT molecular complexity index is 708. The summed E-state index contributed by atoms with van der Waals surface area (Å²) >= 11 is 0. The number of anilines is 2. The summed E-state index contributed by atoms with van der Waals surface area (Å²) in [4.78, 5) is 25.5. The van der Waals surface area contributed by atoms with Gasteiger partial charge >= 0.3 is 0 Å². The van der Waals surface area contributed by atoms with Gasteiger partial charge in [0.15, 0.2) is 0 Å². The van der Waals surface area contributed by atoms with Crippen molar-refractivity contribution in [2.45, 2.75) is 20.3 Å². The number of carbonyl (C=O) groups excluding carboxylic acids is 1. The monoisotopic (exact) mass is 339 g/mol. The number of aryl methyl sites for hydroxylation is 1. The molecule has 0 bridgehead atoms. The molecule has 1 fully saturated rings. The summed E-state index contributed by atoms with van der Waals surface area (Å²) in [5.41, 5.74) is 2.63. The van der Waals surface area contributed by atoms with Crippen LogP contribution in [-0.4, -0.2) is 58.4 Å². The van der Waals surface area contributed by atoms with E-state index in [0.29, 0.717) is 11.6 Å². The first-order chi connectivity index (χ1) is 12.2. The lowest BCUT2D eigenvalue weighted by molar-refractivity contribution is 0.0637. The van der Waals surface area contributed by atoms with E-state index < -0.39 is 0 Å². The van der Waals surface area contributed by atoms with Gasteiger partial charge in [0, 0.05) is 38.1 Å². The van der Waals surface area contributed by atoms with Gasteiger partial charge in [-0.2, -0.15) is 0 Å². The number of nitrogens with one attached hydrogen (secondary N) is 1. The van der Waals surface area contributed by atoms with Crippen LogP contribution in [0.4, 0.5) is 11.6 Å². The molecule has 0 unspecified atom stereocenters. The number of piperazine rings is 1. The third-order valence-electron chi connectivity index (χ3n) is 4.60. The molecule has 1 saturated heterocycles. The summed E-state index contributed by atoms with van der Waals surface area (Å²) in [5, 5.41) is 3.17. The molecule has 1 N–H and O–H groups in total. The molecule has 132 valence electrons. The van der Waals surface area contributed by atoms with Crippen molar-refractivity contribution in [3.63, 3.8) is 0 Å². The van der Waals surface area contributed by atoms with E-state index in [1.165, 1.54) is 5.56 Å². The average molecular weight is 339 g/mol. The molecule has 3 rings (SSSR count). The lowest BCUT2D eigenvalue weighted by atomic mass is 10.1. The molecule has 2 aromatic rings. The van der Waals surface area contributed by atoms with Crippen molar-refractivity contribution in [3.05, 3.63) is 47.8 Å². The maximum absolute atomic E-state index is 12.7. The second-order valence-corrected chi connectivity index (χ2v) is 6.17. The molecule has 1 aromatic heterocycles. The zero-order valence-electron chi connectivity index (χ0n) is 14.9. The summed E-state index contributed by atoms with van der Waals surface area (Å²) < 4.78 is 0. The van der Waals surface area contributed by atoms with Gasteiger partial charge in [0.25, 0.3) is 5.91 Å². The maximum atomic E-state index is 12.7. The first-order valence-electron chi connectivity index (χ1n) is 8.90. The Morgan fingerprint density at radius 2 is 1.80 bits per heavy atom. The number of carbonyl (C=O) groups is 1. The van der Waals surface area contributed by atoms with E-state index in [9.17, 15) is 4.79 Å². The van der Waals surface area contributed by atoms with Gasteiger partial charge in [-0.1, -0.05) is 26.0 Å². The molecule has 6 heteroatoms. The van der Waals surface area contributed by atoms with E-state index >= 15 is 0 Å². The largest absolute Gasteiger partial charge is 0.335 e. The second kappa shape index (κ2) is 8.07. The number of likely N-dealkylation sites (N-methyl/N-ethyl adjacent to an activating group) is 1. The minimum absolute atomic E-state index is 0.0254. The molecule has 0 radical (unpaired) electrons. The molecule has 0 saturated carbocycles. The normalized spacial score (nSPS) is 15.2. The van der Waals surface area contributed by atoms with Crippen LogP contribution in [0.25, 0.3) is 0 Å². The van der Waals surface area contributed by atoms with E-state index in [4.69, 9.17) is 0 Å². The van der Waals surface area contributed by atoms with Crippen LogP contribution in [0.5, 0.6) is 0 Å². The van der Waals surface area contributed by atoms with Crippen molar-refractivity contribution in [2.24, 2.45) is 0 Å². The highest BCUT2D eigenvalue weighted by Gasteiger charge is 2.22. The molecule has 1 amide bonds. The topological polar surface area (TPSA) is 61.4 Å². The standard InChI is InChI=1S/C19H25N5O/c1-3-15-5-7-16(8-6-15)21-19-20-10-9-17(22-19)18(25)24-13-11-23(4-2)12-14-24/h5-10H,3-4,11-14H2,1-2H3,(H,20,21,22). The summed E-state index contributed by atoms with van der Waals surface area (Å²) in [5.74, 6) is 0.421. The van der Waals surface area contributed by atoms with Crippen molar-refractivity contribution < 1.29 is 4.79 Å². The van der Waals surface area contributed by atoms with Gasteiger partial charge in [-0.15, -0.1) is 0 Å².